The molecule has 0 unspecified atom stereocenters. The number of fused-ring (bicyclic) bond motifs is 1. The first-order valence-electron chi connectivity index (χ1n) is 6.26. The van der Waals surface area contributed by atoms with Crippen LogP contribution in [0.4, 0.5) is 8.78 Å². The molecule has 0 aliphatic rings. The molecule has 0 fully saturated rings. The van der Waals surface area contributed by atoms with Gasteiger partial charge in [-0.1, -0.05) is 17.7 Å². The Morgan fingerprint density at radius 3 is 2.82 bits per heavy atom. The highest BCUT2D eigenvalue weighted by molar-refractivity contribution is 6.32. The number of alkyl halides is 2. The lowest BCUT2D eigenvalue weighted by Gasteiger charge is -2.09. The van der Waals surface area contributed by atoms with E-state index in [9.17, 15) is 13.6 Å². The van der Waals surface area contributed by atoms with E-state index in [1.165, 1.54) is 16.7 Å². The SMILES string of the molecule is Cn1c(=O)[nH]c2ccc(-c3ccc(Cl)c(OC(F)F)c3)nc21. The molecule has 0 amide bonds. The van der Waals surface area contributed by atoms with Crippen LogP contribution in [0.3, 0.4) is 0 Å². The van der Waals surface area contributed by atoms with E-state index in [1.807, 2.05) is 0 Å². The van der Waals surface area contributed by atoms with Crippen LogP contribution in [-0.4, -0.2) is 21.1 Å². The van der Waals surface area contributed by atoms with Gasteiger partial charge in [-0.15, -0.1) is 0 Å². The Morgan fingerprint density at radius 2 is 2.09 bits per heavy atom. The lowest BCUT2D eigenvalue weighted by molar-refractivity contribution is -0.0497. The van der Waals surface area contributed by atoms with Crippen molar-refractivity contribution in [3.8, 4) is 17.0 Å². The normalized spacial score (nSPS) is 11.3. The van der Waals surface area contributed by atoms with E-state index in [0.717, 1.165) is 0 Å². The number of H-pyrrole nitrogens is 1. The van der Waals surface area contributed by atoms with Gasteiger partial charge in [0.2, 0.25) is 0 Å². The van der Waals surface area contributed by atoms with Gasteiger partial charge in [0.05, 0.1) is 16.2 Å². The van der Waals surface area contributed by atoms with Gasteiger partial charge in [0.25, 0.3) is 0 Å². The maximum absolute atomic E-state index is 12.4. The lowest BCUT2D eigenvalue weighted by atomic mass is 10.1. The van der Waals surface area contributed by atoms with E-state index in [4.69, 9.17) is 11.6 Å². The van der Waals surface area contributed by atoms with Crippen molar-refractivity contribution in [3.63, 3.8) is 0 Å². The number of pyridine rings is 1. The average Bonchev–Trinajstić information content (AvgIpc) is 2.76. The Balaban J connectivity index is 2.10. The summed E-state index contributed by atoms with van der Waals surface area (Å²) in [5.74, 6) is -0.126. The zero-order valence-corrected chi connectivity index (χ0v) is 12.1. The summed E-state index contributed by atoms with van der Waals surface area (Å²) >= 11 is 5.82. The number of benzene rings is 1. The Hall–Kier alpha value is -2.41. The highest BCUT2D eigenvalue weighted by Crippen LogP contribution is 2.31. The van der Waals surface area contributed by atoms with E-state index in [2.05, 4.69) is 14.7 Å². The highest BCUT2D eigenvalue weighted by atomic mass is 35.5. The van der Waals surface area contributed by atoms with Gasteiger partial charge in [-0.2, -0.15) is 8.78 Å². The Bertz CT molecular complexity index is 905. The van der Waals surface area contributed by atoms with Crippen LogP contribution in [0.5, 0.6) is 5.75 Å². The molecular weight excluding hydrogens is 316 g/mol. The van der Waals surface area contributed by atoms with Crippen molar-refractivity contribution < 1.29 is 13.5 Å². The van der Waals surface area contributed by atoms with Gasteiger partial charge in [0.15, 0.2) is 5.65 Å². The number of hydrogen-bond donors (Lipinski definition) is 1. The molecular formula is C14H10ClF2N3O2. The third kappa shape index (κ3) is 2.55. The Morgan fingerprint density at radius 1 is 1.32 bits per heavy atom. The molecule has 2 aromatic heterocycles. The predicted octanol–water partition coefficient (Wildman–Crippen LogP) is 3.18. The van der Waals surface area contributed by atoms with Gasteiger partial charge >= 0.3 is 12.3 Å². The number of aryl methyl sites for hydroxylation is 1. The lowest BCUT2D eigenvalue weighted by Crippen LogP contribution is -2.12. The molecule has 3 rings (SSSR count). The fourth-order valence-electron chi connectivity index (χ4n) is 2.11. The molecule has 5 nitrogen and oxygen atoms in total. The third-order valence-electron chi connectivity index (χ3n) is 3.18. The molecule has 0 aliphatic heterocycles. The number of nitrogens with zero attached hydrogens (tertiary/aromatic N) is 2. The first-order chi connectivity index (χ1) is 10.5. The molecule has 0 spiro atoms. The second-order valence-electron chi connectivity index (χ2n) is 4.58. The van der Waals surface area contributed by atoms with Gasteiger partial charge in [-0.3, -0.25) is 4.57 Å². The summed E-state index contributed by atoms with van der Waals surface area (Å²) in [6.45, 7) is -2.96. The first-order valence-corrected chi connectivity index (χ1v) is 6.64. The smallest absolute Gasteiger partial charge is 0.387 e. The molecule has 0 bridgehead atoms. The van der Waals surface area contributed by atoms with Crippen molar-refractivity contribution in [1.29, 1.82) is 0 Å². The van der Waals surface area contributed by atoms with Crippen molar-refractivity contribution >= 4 is 22.8 Å². The first kappa shape index (κ1) is 14.5. The van der Waals surface area contributed by atoms with Crippen molar-refractivity contribution in [2.45, 2.75) is 6.61 Å². The maximum Gasteiger partial charge on any atom is 0.387 e. The number of halogens is 3. The van der Waals surface area contributed by atoms with Crippen LogP contribution in [-0.2, 0) is 7.05 Å². The van der Waals surface area contributed by atoms with Crippen LogP contribution < -0.4 is 10.4 Å². The van der Waals surface area contributed by atoms with Gasteiger partial charge in [-0.05, 0) is 24.3 Å². The second kappa shape index (κ2) is 5.42. The standard InChI is InChI=1S/C14H10ClF2N3O2/c1-20-12-10(19-14(20)21)5-4-9(18-12)7-2-3-8(15)11(6-7)22-13(16)17/h2-6,13H,1H3,(H,19,21). The summed E-state index contributed by atoms with van der Waals surface area (Å²) in [5.41, 5.74) is 1.84. The summed E-state index contributed by atoms with van der Waals surface area (Å²) in [5, 5.41) is 0.0826. The van der Waals surface area contributed by atoms with Gasteiger partial charge in [-0.25, -0.2) is 9.78 Å². The number of rotatable bonds is 3. The number of ether oxygens (including phenoxy) is 1. The number of aromatic nitrogens is 3. The van der Waals surface area contributed by atoms with E-state index in [-0.39, 0.29) is 16.5 Å². The molecule has 2 heterocycles. The number of aromatic amines is 1. The Labute approximate surface area is 128 Å². The van der Waals surface area contributed by atoms with E-state index in [0.29, 0.717) is 22.4 Å². The van der Waals surface area contributed by atoms with Crippen LogP contribution in [0.15, 0.2) is 35.1 Å². The molecule has 0 saturated carbocycles. The topological polar surface area (TPSA) is 59.9 Å². The van der Waals surface area contributed by atoms with Crippen LogP contribution in [0.25, 0.3) is 22.4 Å². The number of hydrogen-bond acceptors (Lipinski definition) is 3. The molecule has 8 heteroatoms. The van der Waals surface area contributed by atoms with Gasteiger partial charge in [0, 0.05) is 12.6 Å². The fraction of sp³-hybridized carbons (Fsp3) is 0.143. The maximum atomic E-state index is 12.4. The minimum absolute atomic E-state index is 0.0826. The summed E-state index contributed by atoms with van der Waals surface area (Å²) in [7, 11) is 1.59. The molecule has 0 radical (unpaired) electrons. The molecule has 22 heavy (non-hydrogen) atoms. The second-order valence-corrected chi connectivity index (χ2v) is 4.99. The van der Waals surface area contributed by atoms with Crippen molar-refractivity contribution in [2.24, 2.45) is 7.05 Å². The molecule has 3 aromatic rings. The minimum Gasteiger partial charge on any atom is -0.433 e. The van der Waals surface area contributed by atoms with Crippen LogP contribution in [0.1, 0.15) is 0 Å². The largest absolute Gasteiger partial charge is 0.433 e. The van der Waals surface area contributed by atoms with Gasteiger partial charge < -0.3 is 9.72 Å². The molecule has 0 aliphatic carbocycles. The van der Waals surface area contributed by atoms with Crippen LogP contribution in [0, 0.1) is 0 Å². The minimum atomic E-state index is -2.96. The monoisotopic (exact) mass is 325 g/mol. The number of nitrogens with one attached hydrogen (secondary N) is 1. The quantitative estimate of drug-likeness (QED) is 0.804. The van der Waals surface area contributed by atoms with Gasteiger partial charge in [0.1, 0.15) is 5.75 Å². The highest BCUT2D eigenvalue weighted by Gasteiger charge is 2.12. The zero-order valence-electron chi connectivity index (χ0n) is 11.3. The molecule has 114 valence electrons. The van der Waals surface area contributed by atoms with E-state index >= 15 is 0 Å². The molecule has 1 N–H and O–H groups in total. The summed E-state index contributed by atoms with van der Waals surface area (Å²) in [6, 6.07) is 7.85. The Kier molecular flexibility index (Phi) is 3.58. The number of imidazole rings is 1. The summed E-state index contributed by atoms with van der Waals surface area (Å²) in [6.07, 6.45) is 0. The van der Waals surface area contributed by atoms with Crippen LogP contribution in [0.2, 0.25) is 5.02 Å². The van der Waals surface area contributed by atoms with E-state index in [1.54, 1.807) is 25.2 Å². The van der Waals surface area contributed by atoms with Crippen molar-refractivity contribution in [2.75, 3.05) is 0 Å². The average molecular weight is 326 g/mol. The molecule has 1 aromatic carbocycles. The molecule has 0 saturated heterocycles. The summed E-state index contributed by atoms with van der Waals surface area (Å²) < 4.78 is 30.5. The van der Waals surface area contributed by atoms with Crippen LogP contribution >= 0.6 is 11.6 Å². The zero-order chi connectivity index (χ0) is 15.9. The van der Waals surface area contributed by atoms with Crippen molar-refractivity contribution in [3.05, 3.63) is 45.8 Å². The van der Waals surface area contributed by atoms with E-state index < -0.39 is 6.61 Å². The fourth-order valence-corrected chi connectivity index (χ4v) is 2.27. The third-order valence-corrected chi connectivity index (χ3v) is 3.49. The molecule has 0 atom stereocenters. The summed E-state index contributed by atoms with van der Waals surface area (Å²) in [4.78, 5) is 18.6. The predicted molar refractivity (Wildman–Crippen MR) is 78.4 cm³/mol. The van der Waals surface area contributed by atoms with Crippen molar-refractivity contribution in [1.82, 2.24) is 14.5 Å².